The van der Waals surface area contributed by atoms with Crippen LogP contribution in [0, 0.1) is 18.8 Å². The van der Waals surface area contributed by atoms with Crippen LogP contribution in [0.2, 0.25) is 0 Å². The molecule has 2 aromatic rings. The number of carboxylic acid groups (broad SMARTS) is 1. The summed E-state index contributed by atoms with van der Waals surface area (Å²) < 4.78 is 0. The van der Waals surface area contributed by atoms with E-state index in [1.807, 2.05) is 24.3 Å². The van der Waals surface area contributed by atoms with E-state index in [4.69, 9.17) is 5.11 Å². The topological polar surface area (TPSA) is 66.4 Å². The average molecular weight is 323 g/mol. The molecule has 0 saturated heterocycles. The number of benzene rings is 2. The number of carbonyl (C=O) groups excluding carboxylic acids is 1. The van der Waals surface area contributed by atoms with Crippen molar-refractivity contribution in [1.82, 2.24) is 5.32 Å². The first-order chi connectivity index (χ1) is 11.6. The van der Waals surface area contributed by atoms with Crippen LogP contribution in [0.25, 0.3) is 11.1 Å². The normalized spacial score (nSPS) is 19.4. The fourth-order valence-corrected chi connectivity index (χ4v) is 3.21. The first kappa shape index (κ1) is 16.2. The van der Waals surface area contributed by atoms with Crippen molar-refractivity contribution in [3.05, 3.63) is 59.7 Å². The second kappa shape index (κ2) is 6.87. The van der Waals surface area contributed by atoms with E-state index in [0.717, 1.165) is 11.1 Å². The zero-order chi connectivity index (χ0) is 17.1. The van der Waals surface area contributed by atoms with Gasteiger partial charge in [-0.05, 0) is 42.0 Å². The van der Waals surface area contributed by atoms with Gasteiger partial charge in [0.2, 0.25) is 5.91 Å². The number of carbonyl (C=O) groups is 2. The van der Waals surface area contributed by atoms with Crippen molar-refractivity contribution in [2.45, 2.75) is 26.3 Å². The zero-order valence-electron chi connectivity index (χ0n) is 13.7. The van der Waals surface area contributed by atoms with Gasteiger partial charge < -0.3 is 10.4 Å². The summed E-state index contributed by atoms with van der Waals surface area (Å²) in [7, 11) is 0. The molecule has 0 aromatic heterocycles. The largest absolute Gasteiger partial charge is 0.481 e. The van der Waals surface area contributed by atoms with E-state index in [9.17, 15) is 9.59 Å². The summed E-state index contributed by atoms with van der Waals surface area (Å²) in [6.45, 7) is 2.48. The minimum absolute atomic E-state index is 0.154. The first-order valence-electron chi connectivity index (χ1n) is 8.21. The highest BCUT2D eigenvalue weighted by Gasteiger charge is 2.41. The van der Waals surface area contributed by atoms with E-state index in [2.05, 4.69) is 36.5 Å². The lowest BCUT2D eigenvalue weighted by molar-refractivity contribution is -0.152. The van der Waals surface area contributed by atoms with Gasteiger partial charge in [0.05, 0.1) is 11.8 Å². The van der Waals surface area contributed by atoms with Crippen LogP contribution in [0.5, 0.6) is 0 Å². The number of hydrogen-bond acceptors (Lipinski definition) is 2. The Morgan fingerprint density at radius 2 is 1.79 bits per heavy atom. The predicted molar refractivity (Wildman–Crippen MR) is 92.3 cm³/mol. The van der Waals surface area contributed by atoms with Crippen molar-refractivity contribution >= 4 is 11.9 Å². The molecule has 0 aliphatic heterocycles. The molecule has 1 aliphatic rings. The van der Waals surface area contributed by atoms with E-state index >= 15 is 0 Å². The highest BCUT2D eigenvalue weighted by Crippen LogP contribution is 2.34. The van der Waals surface area contributed by atoms with Crippen molar-refractivity contribution in [3.8, 4) is 11.1 Å². The number of hydrogen-bond donors (Lipinski definition) is 2. The van der Waals surface area contributed by atoms with Crippen LogP contribution in [0.1, 0.15) is 24.0 Å². The first-order valence-corrected chi connectivity index (χ1v) is 8.21. The third kappa shape index (κ3) is 3.32. The number of aryl methyl sites for hydroxylation is 1. The molecule has 4 heteroatoms. The average Bonchev–Trinajstić information content (AvgIpc) is 2.52. The molecule has 3 rings (SSSR count). The zero-order valence-corrected chi connectivity index (χ0v) is 13.7. The van der Waals surface area contributed by atoms with E-state index < -0.39 is 11.9 Å². The quantitative estimate of drug-likeness (QED) is 0.886. The molecule has 0 heterocycles. The predicted octanol–water partition coefficient (Wildman–Crippen LogP) is 3.39. The Kier molecular flexibility index (Phi) is 4.65. The SMILES string of the molecule is Cc1cc(CNC(=O)[C@@H]2CC[C@@H]2C(=O)O)ccc1-c1ccccc1. The number of aliphatic carboxylic acids is 1. The van der Waals surface area contributed by atoms with E-state index in [1.54, 1.807) is 0 Å². The van der Waals surface area contributed by atoms with Gasteiger partial charge in [-0.25, -0.2) is 0 Å². The Balaban J connectivity index is 1.63. The van der Waals surface area contributed by atoms with Crippen LogP contribution >= 0.6 is 0 Å². The van der Waals surface area contributed by atoms with Gasteiger partial charge in [-0.3, -0.25) is 9.59 Å². The summed E-state index contributed by atoms with van der Waals surface area (Å²) in [6.07, 6.45) is 1.26. The maximum absolute atomic E-state index is 12.1. The Hall–Kier alpha value is -2.62. The molecule has 2 aromatic carbocycles. The van der Waals surface area contributed by atoms with E-state index in [1.165, 1.54) is 11.1 Å². The van der Waals surface area contributed by atoms with Crippen LogP contribution in [-0.2, 0) is 16.1 Å². The maximum Gasteiger partial charge on any atom is 0.307 e. The molecule has 0 spiro atoms. The van der Waals surface area contributed by atoms with Crippen LogP contribution in [0.4, 0.5) is 0 Å². The number of nitrogens with one attached hydrogen (secondary N) is 1. The summed E-state index contributed by atoms with van der Waals surface area (Å²) in [5, 5.41) is 11.9. The van der Waals surface area contributed by atoms with Crippen molar-refractivity contribution in [1.29, 1.82) is 0 Å². The van der Waals surface area contributed by atoms with Crippen molar-refractivity contribution in [3.63, 3.8) is 0 Å². The molecule has 124 valence electrons. The molecule has 1 amide bonds. The summed E-state index contributed by atoms with van der Waals surface area (Å²) >= 11 is 0. The molecule has 0 bridgehead atoms. The fourth-order valence-electron chi connectivity index (χ4n) is 3.21. The van der Waals surface area contributed by atoms with Gasteiger partial charge in [-0.15, -0.1) is 0 Å². The van der Waals surface area contributed by atoms with Gasteiger partial charge in [0, 0.05) is 6.54 Å². The molecule has 2 N–H and O–H groups in total. The summed E-state index contributed by atoms with van der Waals surface area (Å²) in [5.41, 5.74) is 4.52. The van der Waals surface area contributed by atoms with Gasteiger partial charge in [0.1, 0.15) is 0 Å². The van der Waals surface area contributed by atoms with Crippen molar-refractivity contribution in [2.24, 2.45) is 11.8 Å². The van der Waals surface area contributed by atoms with Crippen molar-refractivity contribution < 1.29 is 14.7 Å². The van der Waals surface area contributed by atoms with Crippen LogP contribution in [0.15, 0.2) is 48.5 Å². The standard InChI is InChI=1S/C20H21NO3/c1-13-11-14(7-8-16(13)15-5-3-2-4-6-15)12-21-19(22)17-9-10-18(17)20(23)24/h2-8,11,17-18H,9-10,12H2,1H3,(H,21,22)(H,23,24)/t17-,18+/m1/s1. The Morgan fingerprint density at radius 1 is 1.08 bits per heavy atom. The minimum Gasteiger partial charge on any atom is -0.481 e. The molecule has 4 nitrogen and oxygen atoms in total. The monoisotopic (exact) mass is 323 g/mol. The molecule has 24 heavy (non-hydrogen) atoms. The molecule has 0 radical (unpaired) electrons. The summed E-state index contributed by atoms with van der Waals surface area (Å²) in [5.74, 6) is -1.93. The summed E-state index contributed by atoms with van der Waals surface area (Å²) in [6, 6.07) is 16.3. The number of amides is 1. The van der Waals surface area contributed by atoms with Gasteiger partial charge >= 0.3 is 5.97 Å². The van der Waals surface area contributed by atoms with Gasteiger partial charge in [0.15, 0.2) is 0 Å². The highest BCUT2D eigenvalue weighted by atomic mass is 16.4. The number of carboxylic acids is 1. The lowest BCUT2D eigenvalue weighted by Gasteiger charge is -2.31. The van der Waals surface area contributed by atoms with Gasteiger partial charge in [0.25, 0.3) is 0 Å². The Labute approximate surface area is 141 Å². The molecule has 0 unspecified atom stereocenters. The van der Waals surface area contributed by atoms with E-state index in [-0.39, 0.29) is 11.8 Å². The lowest BCUT2D eigenvalue weighted by Crippen LogP contribution is -2.43. The minimum atomic E-state index is -0.871. The molecule has 2 atom stereocenters. The van der Waals surface area contributed by atoms with Crippen molar-refractivity contribution in [2.75, 3.05) is 0 Å². The van der Waals surface area contributed by atoms with E-state index in [0.29, 0.717) is 19.4 Å². The lowest BCUT2D eigenvalue weighted by atomic mass is 9.73. The third-order valence-electron chi connectivity index (χ3n) is 4.77. The number of rotatable bonds is 5. The second-order valence-electron chi connectivity index (χ2n) is 6.36. The Morgan fingerprint density at radius 3 is 2.38 bits per heavy atom. The van der Waals surface area contributed by atoms with Crippen LogP contribution < -0.4 is 5.32 Å². The fraction of sp³-hybridized carbons (Fsp3) is 0.300. The molecular formula is C20H21NO3. The smallest absolute Gasteiger partial charge is 0.307 e. The van der Waals surface area contributed by atoms with Crippen LogP contribution in [0.3, 0.4) is 0 Å². The molecule has 1 fully saturated rings. The van der Waals surface area contributed by atoms with Gasteiger partial charge in [-0.2, -0.15) is 0 Å². The maximum atomic E-state index is 12.1. The third-order valence-corrected chi connectivity index (χ3v) is 4.77. The second-order valence-corrected chi connectivity index (χ2v) is 6.36. The highest BCUT2D eigenvalue weighted by molar-refractivity contribution is 5.86. The van der Waals surface area contributed by atoms with Gasteiger partial charge in [-0.1, -0.05) is 48.5 Å². The summed E-state index contributed by atoms with van der Waals surface area (Å²) in [4.78, 5) is 23.1. The van der Waals surface area contributed by atoms with Crippen LogP contribution in [-0.4, -0.2) is 17.0 Å². The molecule has 1 aliphatic carbocycles. The Bertz CT molecular complexity index is 755. The molecule has 1 saturated carbocycles. The molecular weight excluding hydrogens is 302 g/mol.